The first-order valence-electron chi connectivity index (χ1n) is 9.59. The van der Waals surface area contributed by atoms with Crippen LogP contribution in [0.3, 0.4) is 0 Å². The number of hydrogen-bond donors (Lipinski definition) is 1. The van der Waals surface area contributed by atoms with Gasteiger partial charge in [-0.1, -0.05) is 36.4 Å². The number of amides is 1. The molecule has 0 saturated heterocycles. The number of carbonyl (C=O) groups excluding carboxylic acids is 1. The summed E-state index contributed by atoms with van der Waals surface area (Å²) in [7, 11) is -4.09. The number of aryl methyl sites for hydroxylation is 1. The van der Waals surface area contributed by atoms with Crippen LogP contribution in [-0.2, 0) is 23.0 Å². The first-order valence-corrected chi connectivity index (χ1v) is 11.0. The standard InChI is InChI=1S/C23H21FN2O3S/c1-16-5-4-8-20(13-16)25-23(27)18-9-10-21(24)22(14-18)30(28,29)26-12-11-17-6-2-3-7-19(17)15-26/h2-10,13-14H,11-12,15H2,1H3,(H,25,27). The lowest BCUT2D eigenvalue weighted by Crippen LogP contribution is -2.36. The Labute approximate surface area is 175 Å². The van der Waals surface area contributed by atoms with E-state index >= 15 is 0 Å². The number of sulfonamides is 1. The Morgan fingerprint density at radius 1 is 1.00 bits per heavy atom. The van der Waals surface area contributed by atoms with Crippen molar-refractivity contribution in [3.63, 3.8) is 0 Å². The van der Waals surface area contributed by atoms with Gasteiger partial charge < -0.3 is 5.32 Å². The average Bonchev–Trinajstić information content (AvgIpc) is 2.73. The second-order valence-corrected chi connectivity index (χ2v) is 9.23. The molecule has 1 N–H and O–H groups in total. The molecule has 7 heteroatoms. The van der Waals surface area contributed by atoms with Gasteiger partial charge in [-0.25, -0.2) is 12.8 Å². The highest BCUT2D eigenvalue weighted by Gasteiger charge is 2.31. The molecule has 154 valence electrons. The minimum Gasteiger partial charge on any atom is -0.322 e. The molecule has 1 heterocycles. The van der Waals surface area contributed by atoms with Crippen LogP contribution >= 0.6 is 0 Å². The van der Waals surface area contributed by atoms with E-state index in [1.165, 1.54) is 10.4 Å². The van der Waals surface area contributed by atoms with Crippen molar-refractivity contribution >= 4 is 21.6 Å². The molecule has 0 unspecified atom stereocenters. The third-order valence-electron chi connectivity index (χ3n) is 5.18. The summed E-state index contributed by atoms with van der Waals surface area (Å²) in [4.78, 5) is 12.1. The number of hydrogen-bond acceptors (Lipinski definition) is 3. The van der Waals surface area contributed by atoms with Crippen LogP contribution < -0.4 is 5.32 Å². The van der Waals surface area contributed by atoms with Crippen molar-refractivity contribution in [3.8, 4) is 0 Å². The number of benzene rings is 3. The molecule has 1 amide bonds. The SMILES string of the molecule is Cc1cccc(NC(=O)c2ccc(F)c(S(=O)(=O)N3CCc4ccccc4C3)c2)c1. The maximum absolute atomic E-state index is 14.5. The molecule has 0 atom stereocenters. The first kappa shape index (κ1) is 20.3. The van der Waals surface area contributed by atoms with Gasteiger partial charge in [0.1, 0.15) is 10.7 Å². The molecule has 3 aromatic carbocycles. The van der Waals surface area contributed by atoms with Gasteiger partial charge >= 0.3 is 0 Å². The van der Waals surface area contributed by atoms with Crippen LogP contribution in [0.1, 0.15) is 27.0 Å². The molecule has 5 nitrogen and oxygen atoms in total. The fourth-order valence-electron chi connectivity index (χ4n) is 3.58. The lowest BCUT2D eigenvalue weighted by molar-refractivity contribution is 0.102. The lowest BCUT2D eigenvalue weighted by atomic mass is 10.0. The second kappa shape index (κ2) is 8.01. The Morgan fingerprint density at radius 2 is 1.77 bits per heavy atom. The summed E-state index contributed by atoms with van der Waals surface area (Å²) in [6, 6.07) is 18.3. The number of carbonyl (C=O) groups is 1. The minimum atomic E-state index is -4.09. The Kier molecular flexibility index (Phi) is 5.40. The molecule has 0 radical (unpaired) electrons. The second-order valence-electron chi connectivity index (χ2n) is 7.33. The van der Waals surface area contributed by atoms with Crippen molar-refractivity contribution in [2.24, 2.45) is 0 Å². The first-order chi connectivity index (χ1) is 14.3. The predicted octanol–water partition coefficient (Wildman–Crippen LogP) is 4.13. The maximum atomic E-state index is 14.5. The Morgan fingerprint density at radius 3 is 2.53 bits per heavy atom. The van der Waals surface area contributed by atoms with Gasteiger partial charge in [0.25, 0.3) is 5.91 Å². The topological polar surface area (TPSA) is 66.5 Å². The summed E-state index contributed by atoms with van der Waals surface area (Å²) >= 11 is 0. The normalized spacial score (nSPS) is 14.2. The summed E-state index contributed by atoms with van der Waals surface area (Å²) in [5, 5.41) is 2.72. The third kappa shape index (κ3) is 3.99. The van der Waals surface area contributed by atoms with E-state index in [1.54, 1.807) is 18.2 Å². The summed E-state index contributed by atoms with van der Waals surface area (Å²) in [5.41, 5.74) is 3.63. The zero-order valence-corrected chi connectivity index (χ0v) is 17.2. The number of nitrogens with zero attached hydrogens (tertiary/aromatic N) is 1. The molecule has 30 heavy (non-hydrogen) atoms. The number of nitrogens with one attached hydrogen (secondary N) is 1. The van der Waals surface area contributed by atoms with Gasteiger partial charge in [0.05, 0.1) is 0 Å². The Hall–Kier alpha value is -3.03. The molecular weight excluding hydrogens is 403 g/mol. The Balaban J connectivity index is 1.62. The predicted molar refractivity (Wildman–Crippen MR) is 113 cm³/mol. The van der Waals surface area contributed by atoms with E-state index in [2.05, 4.69) is 5.32 Å². The largest absolute Gasteiger partial charge is 0.322 e. The molecular formula is C23H21FN2O3S. The van der Waals surface area contributed by atoms with Gasteiger partial charge in [-0.15, -0.1) is 0 Å². The van der Waals surface area contributed by atoms with Crippen LogP contribution in [0.25, 0.3) is 0 Å². The van der Waals surface area contributed by atoms with Crippen molar-refractivity contribution in [1.29, 1.82) is 0 Å². The molecule has 0 fully saturated rings. The van der Waals surface area contributed by atoms with Crippen molar-refractivity contribution in [1.82, 2.24) is 4.31 Å². The molecule has 0 bridgehead atoms. The molecule has 1 aliphatic rings. The minimum absolute atomic E-state index is 0.0777. The number of rotatable bonds is 4. The van der Waals surface area contributed by atoms with Gasteiger partial charge in [0, 0.05) is 24.3 Å². The molecule has 1 aliphatic heterocycles. The average molecular weight is 424 g/mol. The summed E-state index contributed by atoms with van der Waals surface area (Å²) in [6.45, 7) is 2.34. The number of anilines is 1. The summed E-state index contributed by atoms with van der Waals surface area (Å²) in [5.74, 6) is -1.37. The third-order valence-corrected chi connectivity index (χ3v) is 7.04. The van der Waals surface area contributed by atoms with Crippen molar-refractivity contribution in [3.05, 3.63) is 94.8 Å². The van der Waals surface area contributed by atoms with Gasteiger partial charge in [0.15, 0.2) is 0 Å². The zero-order valence-electron chi connectivity index (χ0n) is 16.4. The van der Waals surface area contributed by atoms with Gasteiger partial charge in [-0.3, -0.25) is 4.79 Å². The molecule has 0 aromatic heterocycles. The van der Waals surface area contributed by atoms with E-state index in [-0.39, 0.29) is 18.7 Å². The monoisotopic (exact) mass is 424 g/mol. The van der Waals surface area contributed by atoms with Gasteiger partial charge in [-0.2, -0.15) is 4.31 Å². The molecule has 0 saturated carbocycles. The highest BCUT2D eigenvalue weighted by atomic mass is 32.2. The molecule has 0 aliphatic carbocycles. The maximum Gasteiger partial charge on any atom is 0.255 e. The van der Waals surface area contributed by atoms with Gasteiger partial charge in [-0.05, 0) is 60.4 Å². The quantitative estimate of drug-likeness (QED) is 0.685. The lowest BCUT2D eigenvalue weighted by Gasteiger charge is -2.28. The summed E-state index contributed by atoms with van der Waals surface area (Å²) in [6.07, 6.45) is 0.560. The highest BCUT2D eigenvalue weighted by molar-refractivity contribution is 7.89. The fraction of sp³-hybridized carbons (Fsp3) is 0.174. The zero-order chi connectivity index (χ0) is 21.3. The van der Waals surface area contributed by atoms with Crippen molar-refractivity contribution in [2.45, 2.75) is 24.8 Å². The fourth-order valence-corrected chi connectivity index (χ4v) is 5.09. The highest BCUT2D eigenvalue weighted by Crippen LogP contribution is 2.27. The Bertz CT molecular complexity index is 1220. The van der Waals surface area contributed by atoms with Crippen LogP contribution in [0.5, 0.6) is 0 Å². The molecule has 0 spiro atoms. The van der Waals surface area contributed by atoms with Crippen molar-refractivity contribution in [2.75, 3.05) is 11.9 Å². The van der Waals surface area contributed by atoms with Crippen LogP contribution in [0.2, 0.25) is 0 Å². The van der Waals surface area contributed by atoms with Crippen LogP contribution in [0.4, 0.5) is 10.1 Å². The van der Waals surface area contributed by atoms with E-state index in [0.29, 0.717) is 12.1 Å². The summed E-state index contributed by atoms with van der Waals surface area (Å²) < 4.78 is 42.1. The van der Waals surface area contributed by atoms with Crippen molar-refractivity contribution < 1.29 is 17.6 Å². The number of halogens is 1. The van der Waals surface area contributed by atoms with Crippen LogP contribution in [-0.4, -0.2) is 25.2 Å². The van der Waals surface area contributed by atoms with E-state index in [9.17, 15) is 17.6 Å². The van der Waals surface area contributed by atoms with Gasteiger partial charge in [0.2, 0.25) is 10.0 Å². The van der Waals surface area contributed by atoms with E-state index in [4.69, 9.17) is 0 Å². The molecule has 3 aromatic rings. The van der Waals surface area contributed by atoms with E-state index in [1.807, 2.05) is 37.3 Å². The van der Waals surface area contributed by atoms with Crippen LogP contribution in [0.15, 0.2) is 71.6 Å². The number of fused-ring (bicyclic) bond motifs is 1. The van der Waals surface area contributed by atoms with Crippen LogP contribution in [0, 0.1) is 12.7 Å². The molecule has 4 rings (SSSR count). The van der Waals surface area contributed by atoms with E-state index < -0.39 is 26.6 Å². The smallest absolute Gasteiger partial charge is 0.255 e. The van der Waals surface area contributed by atoms with E-state index in [0.717, 1.165) is 28.8 Å².